The van der Waals surface area contributed by atoms with Gasteiger partial charge in [-0.3, -0.25) is 4.79 Å². The minimum absolute atomic E-state index is 0.0555. The summed E-state index contributed by atoms with van der Waals surface area (Å²) in [6.45, 7) is 2.10. The molecule has 0 saturated heterocycles. The standard InChI is InChI=1S/C16H16FNO2/c1-11-7-8-14(17)13(9-11)16(19)18-10-12-5-3-4-6-15(12)20-2/h3-9H,10H2,1-2H3,(H,18,19). The van der Waals surface area contributed by atoms with E-state index < -0.39 is 11.7 Å². The van der Waals surface area contributed by atoms with Crippen LogP contribution in [0, 0.1) is 12.7 Å². The molecular formula is C16H16FNO2. The molecule has 0 aliphatic rings. The molecule has 104 valence electrons. The van der Waals surface area contributed by atoms with Crippen LogP contribution in [0.1, 0.15) is 21.5 Å². The van der Waals surface area contributed by atoms with Crippen molar-refractivity contribution in [3.8, 4) is 5.75 Å². The van der Waals surface area contributed by atoms with E-state index in [-0.39, 0.29) is 12.1 Å². The Morgan fingerprint density at radius 2 is 2.00 bits per heavy atom. The maximum atomic E-state index is 13.6. The SMILES string of the molecule is COc1ccccc1CNC(=O)c1cc(C)ccc1F. The number of halogens is 1. The molecule has 0 aliphatic carbocycles. The molecule has 20 heavy (non-hydrogen) atoms. The maximum absolute atomic E-state index is 13.6. The van der Waals surface area contributed by atoms with Gasteiger partial charge in [0.25, 0.3) is 5.91 Å². The van der Waals surface area contributed by atoms with E-state index in [1.54, 1.807) is 13.2 Å². The summed E-state index contributed by atoms with van der Waals surface area (Å²) in [4.78, 5) is 12.0. The number of hydrogen-bond donors (Lipinski definition) is 1. The van der Waals surface area contributed by atoms with Gasteiger partial charge in [0.15, 0.2) is 0 Å². The molecule has 2 aromatic carbocycles. The lowest BCUT2D eigenvalue weighted by molar-refractivity contribution is 0.0946. The molecule has 0 saturated carbocycles. The number of rotatable bonds is 4. The van der Waals surface area contributed by atoms with Gasteiger partial charge in [-0.1, -0.05) is 29.8 Å². The van der Waals surface area contributed by atoms with Crippen molar-refractivity contribution in [2.75, 3.05) is 7.11 Å². The summed E-state index contributed by atoms with van der Waals surface area (Å²) in [5.74, 6) is -0.261. The Labute approximate surface area is 117 Å². The molecule has 0 fully saturated rings. The maximum Gasteiger partial charge on any atom is 0.254 e. The monoisotopic (exact) mass is 273 g/mol. The fourth-order valence-corrected chi connectivity index (χ4v) is 1.93. The average molecular weight is 273 g/mol. The summed E-state index contributed by atoms with van der Waals surface area (Å²) >= 11 is 0. The first-order valence-corrected chi connectivity index (χ1v) is 6.28. The van der Waals surface area contributed by atoms with Crippen LogP contribution in [-0.2, 0) is 6.54 Å². The molecule has 0 atom stereocenters. The number of carbonyl (C=O) groups is 1. The number of carbonyl (C=O) groups excluding carboxylic acids is 1. The molecule has 4 heteroatoms. The predicted octanol–water partition coefficient (Wildman–Crippen LogP) is 3.07. The molecule has 0 radical (unpaired) electrons. The number of para-hydroxylation sites is 1. The first-order chi connectivity index (χ1) is 9.61. The predicted molar refractivity (Wildman–Crippen MR) is 75.3 cm³/mol. The van der Waals surface area contributed by atoms with Crippen molar-refractivity contribution in [1.82, 2.24) is 5.32 Å². The van der Waals surface area contributed by atoms with Gasteiger partial charge in [0.05, 0.1) is 12.7 Å². The highest BCUT2D eigenvalue weighted by Crippen LogP contribution is 2.17. The zero-order valence-electron chi connectivity index (χ0n) is 11.4. The average Bonchev–Trinajstić information content (AvgIpc) is 2.47. The van der Waals surface area contributed by atoms with Gasteiger partial charge in [0.1, 0.15) is 11.6 Å². The highest BCUT2D eigenvalue weighted by molar-refractivity contribution is 5.94. The normalized spacial score (nSPS) is 10.2. The van der Waals surface area contributed by atoms with Crippen molar-refractivity contribution in [3.05, 3.63) is 65.0 Å². The minimum Gasteiger partial charge on any atom is -0.496 e. The Balaban J connectivity index is 2.11. The smallest absolute Gasteiger partial charge is 0.254 e. The summed E-state index contributed by atoms with van der Waals surface area (Å²) in [6.07, 6.45) is 0. The lowest BCUT2D eigenvalue weighted by Gasteiger charge is -2.10. The van der Waals surface area contributed by atoms with Crippen LogP contribution in [-0.4, -0.2) is 13.0 Å². The zero-order valence-corrected chi connectivity index (χ0v) is 11.4. The molecule has 0 unspecified atom stereocenters. The fraction of sp³-hybridized carbons (Fsp3) is 0.188. The number of nitrogens with one attached hydrogen (secondary N) is 1. The number of amides is 1. The summed E-state index contributed by atoms with van der Waals surface area (Å²) in [5, 5.41) is 2.70. The third-order valence-electron chi connectivity index (χ3n) is 3.00. The van der Waals surface area contributed by atoms with Gasteiger partial charge >= 0.3 is 0 Å². The number of ether oxygens (including phenoxy) is 1. The fourth-order valence-electron chi connectivity index (χ4n) is 1.93. The van der Waals surface area contributed by atoms with E-state index in [4.69, 9.17) is 4.74 Å². The third kappa shape index (κ3) is 3.15. The molecule has 1 N–H and O–H groups in total. The van der Waals surface area contributed by atoms with Gasteiger partial charge in [-0.15, -0.1) is 0 Å². The van der Waals surface area contributed by atoms with E-state index in [9.17, 15) is 9.18 Å². The Morgan fingerprint density at radius 1 is 1.25 bits per heavy atom. The highest BCUT2D eigenvalue weighted by Gasteiger charge is 2.12. The highest BCUT2D eigenvalue weighted by atomic mass is 19.1. The minimum atomic E-state index is -0.520. The van der Waals surface area contributed by atoms with Gasteiger partial charge in [-0.05, 0) is 25.1 Å². The van der Waals surface area contributed by atoms with Gasteiger partial charge in [-0.2, -0.15) is 0 Å². The van der Waals surface area contributed by atoms with Crippen molar-refractivity contribution in [2.45, 2.75) is 13.5 Å². The Morgan fingerprint density at radius 3 is 2.75 bits per heavy atom. The Hall–Kier alpha value is -2.36. The molecule has 0 aromatic heterocycles. The molecule has 0 aliphatic heterocycles. The van der Waals surface area contributed by atoms with E-state index >= 15 is 0 Å². The van der Waals surface area contributed by atoms with Crippen molar-refractivity contribution in [3.63, 3.8) is 0 Å². The summed E-state index contributed by atoms with van der Waals surface area (Å²) < 4.78 is 18.8. The van der Waals surface area contributed by atoms with Gasteiger partial charge in [0.2, 0.25) is 0 Å². The summed E-state index contributed by atoms with van der Waals surface area (Å²) in [7, 11) is 1.57. The number of methoxy groups -OCH3 is 1. The number of benzene rings is 2. The van der Waals surface area contributed by atoms with E-state index in [0.29, 0.717) is 5.75 Å². The lowest BCUT2D eigenvalue weighted by Crippen LogP contribution is -2.24. The molecule has 1 amide bonds. The molecular weight excluding hydrogens is 257 g/mol. The van der Waals surface area contributed by atoms with Crippen molar-refractivity contribution >= 4 is 5.91 Å². The van der Waals surface area contributed by atoms with E-state index in [0.717, 1.165) is 11.1 Å². The topological polar surface area (TPSA) is 38.3 Å². The van der Waals surface area contributed by atoms with E-state index in [2.05, 4.69) is 5.32 Å². The molecule has 0 spiro atoms. The van der Waals surface area contributed by atoms with Gasteiger partial charge in [0, 0.05) is 12.1 Å². The van der Waals surface area contributed by atoms with Gasteiger partial charge in [-0.25, -0.2) is 4.39 Å². The first kappa shape index (κ1) is 14.1. The van der Waals surface area contributed by atoms with Crippen LogP contribution in [0.5, 0.6) is 5.75 Å². The largest absolute Gasteiger partial charge is 0.496 e. The molecule has 0 bridgehead atoms. The van der Waals surface area contributed by atoms with Crippen LogP contribution >= 0.6 is 0 Å². The zero-order chi connectivity index (χ0) is 14.5. The third-order valence-corrected chi connectivity index (χ3v) is 3.00. The number of aryl methyl sites for hydroxylation is 1. The number of hydrogen-bond acceptors (Lipinski definition) is 2. The van der Waals surface area contributed by atoms with Crippen LogP contribution < -0.4 is 10.1 Å². The Bertz CT molecular complexity index is 626. The molecule has 3 nitrogen and oxygen atoms in total. The van der Waals surface area contributed by atoms with Crippen molar-refractivity contribution in [2.24, 2.45) is 0 Å². The molecule has 2 aromatic rings. The molecule has 0 heterocycles. The lowest BCUT2D eigenvalue weighted by atomic mass is 10.1. The quantitative estimate of drug-likeness (QED) is 0.929. The second-order valence-electron chi connectivity index (χ2n) is 4.48. The van der Waals surface area contributed by atoms with Crippen LogP contribution in [0.4, 0.5) is 4.39 Å². The molecule has 2 rings (SSSR count). The first-order valence-electron chi connectivity index (χ1n) is 6.28. The summed E-state index contributed by atoms with van der Waals surface area (Å²) in [5.41, 5.74) is 1.74. The summed E-state index contributed by atoms with van der Waals surface area (Å²) in [6, 6.07) is 11.8. The van der Waals surface area contributed by atoms with Gasteiger partial charge < -0.3 is 10.1 Å². The van der Waals surface area contributed by atoms with Crippen molar-refractivity contribution < 1.29 is 13.9 Å². The van der Waals surface area contributed by atoms with Crippen molar-refractivity contribution in [1.29, 1.82) is 0 Å². The van der Waals surface area contributed by atoms with Crippen LogP contribution in [0.3, 0.4) is 0 Å². The Kier molecular flexibility index (Phi) is 4.35. The second-order valence-corrected chi connectivity index (χ2v) is 4.48. The second kappa shape index (κ2) is 6.19. The van der Waals surface area contributed by atoms with Crippen LogP contribution in [0.25, 0.3) is 0 Å². The van der Waals surface area contributed by atoms with E-state index in [1.165, 1.54) is 12.1 Å². The van der Waals surface area contributed by atoms with Crippen LogP contribution in [0.15, 0.2) is 42.5 Å². The van der Waals surface area contributed by atoms with E-state index in [1.807, 2.05) is 31.2 Å². The van der Waals surface area contributed by atoms with Crippen LogP contribution in [0.2, 0.25) is 0 Å².